The van der Waals surface area contributed by atoms with Crippen molar-refractivity contribution >= 4 is 11.5 Å². The number of hydrogen-bond donors (Lipinski definition) is 2. The second kappa shape index (κ2) is 5.22. The lowest BCUT2D eigenvalue weighted by Gasteiger charge is -2.29. The molecule has 1 aliphatic rings. The average Bonchev–Trinajstić information content (AvgIpc) is 2.55. The fourth-order valence-corrected chi connectivity index (χ4v) is 2.72. The summed E-state index contributed by atoms with van der Waals surface area (Å²) in [7, 11) is 0. The molecule has 0 spiro atoms. The van der Waals surface area contributed by atoms with Gasteiger partial charge in [0.05, 0.1) is 17.8 Å². The minimum Gasteiger partial charge on any atom is -0.438 e. The van der Waals surface area contributed by atoms with E-state index < -0.39 is 11.8 Å². The van der Waals surface area contributed by atoms with Crippen LogP contribution in [0.3, 0.4) is 0 Å². The number of nitrogens with two attached hydrogens (primary N) is 2. The molecule has 1 aliphatic heterocycles. The summed E-state index contributed by atoms with van der Waals surface area (Å²) in [6.45, 7) is 0. The highest BCUT2D eigenvalue weighted by Crippen LogP contribution is 2.49. The highest BCUT2D eigenvalue weighted by molar-refractivity contribution is 5.74. The molecule has 110 valence electrons. The maximum Gasteiger partial charge on any atom is 0.227 e. The molecule has 0 amide bonds. The Kier molecular flexibility index (Phi) is 3.22. The van der Waals surface area contributed by atoms with Crippen LogP contribution in [0.15, 0.2) is 24.3 Å². The van der Waals surface area contributed by atoms with Crippen molar-refractivity contribution in [1.29, 1.82) is 15.8 Å². The van der Waals surface area contributed by atoms with Gasteiger partial charge in [-0.3, -0.25) is 0 Å². The van der Waals surface area contributed by atoms with E-state index in [1.807, 2.05) is 18.2 Å². The predicted octanol–water partition coefficient (Wildman–Crippen LogP) is 2.02. The Hall–Kier alpha value is -3.76. The third-order valence-electron chi connectivity index (χ3n) is 3.76. The summed E-state index contributed by atoms with van der Waals surface area (Å²) in [5, 5.41) is 27.9. The van der Waals surface area contributed by atoms with Crippen molar-refractivity contribution in [3.05, 3.63) is 41.0 Å². The third kappa shape index (κ3) is 1.98. The molecule has 0 bridgehead atoms. The topological polar surface area (TPSA) is 146 Å². The monoisotopic (exact) mass is 302 g/mol. The molecule has 0 radical (unpaired) electrons. The Morgan fingerprint density at radius 2 is 1.83 bits per heavy atom. The number of hydrogen-bond acceptors (Lipinski definition) is 7. The van der Waals surface area contributed by atoms with E-state index in [1.165, 1.54) is 0 Å². The normalized spacial score (nSPS) is 14.6. The van der Waals surface area contributed by atoms with Gasteiger partial charge >= 0.3 is 0 Å². The van der Waals surface area contributed by atoms with Gasteiger partial charge in [-0.05, 0) is 6.07 Å². The summed E-state index contributed by atoms with van der Waals surface area (Å²) in [6.07, 6.45) is 0. The molecule has 0 fully saturated rings. The lowest BCUT2D eigenvalue weighted by atomic mass is 9.79. The molecule has 1 aromatic carbocycles. The molecule has 0 saturated heterocycles. The van der Waals surface area contributed by atoms with Crippen LogP contribution >= 0.6 is 0 Å². The lowest BCUT2D eigenvalue weighted by Crippen LogP contribution is -2.21. The number of benzene rings is 1. The largest absolute Gasteiger partial charge is 0.438 e. The van der Waals surface area contributed by atoms with Crippen LogP contribution < -0.4 is 16.2 Å². The molecular formula is C16H10N6O. The first-order chi connectivity index (χ1) is 11.1. The number of fused-ring (bicyclic) bond motifs is 2. The highest BCUT2D eigenvalue weighted by atomic mass is 16.5. The SMILES string of the molecule is N#Cc1c(N)nc2c(c1N)C(C(C#N)C#N)c1ccccc1O2. The van der Waals surface area contributed by atoms with Crippen LogP contribution in [0.2, 0.25) is 0 Å². The van der Waals surface area contributed by atoms with Crippen molar-refractivity contribution in [2.45, 2.75) is 5.92 Å². The van der Waals surface area contributed by atoms with Crippen molar-refractivity contribution in [3.63, 3.8) is 0 Å². The van der Waals surface area contributed by atoms with E-state index >= 15 is 0 Å². The fraction of sp³-hybridized carbons (Fsp3) is 0.125. The zero-order chi connectivity index (χ0) is 16.6. The highest BCUT2D eigenvalue weighted by Gasteiger charge is 2.37. The Balaban J connectivity index is 2.36. The van der Waals surface area contributed by atoms with Crippen LogP contribution in [0, 0.1) is 39.9 Å². The standard InChI is InChI=1S/C16H10N6O/c17-5-8(6-18)12-9-3-1-2-4-11(9)23-16-13(12)14(20)10(7-19)15(21)22-16/h1-4,8,12H,(H4,20,21,22). The van der Waals surface area contributed by atoms with Crippen LogP contribution in [0.25, 0.3) is 0 Å². The molecule has 1 atom stereocenters. The van der Waals surface area contributed by atoms with Gasteiger partial charge in [0, 0.05) is 17.0 Å². The maximum atomic E-state index is 9.34. The van der Waals surface area contributed by atoms with Gasteiger partial charge in [0.2, 0.25) is 5.88 Å². The Morgan fingerprint density at radius 3 is 2.48 bits per heavy atom. The van der Waals surface area contributed by atoms with Gasteiger partial charge in [-0.25, -0.2) is 0 Å². The van der Waals surface area contributed by atoms with Gasteiger partial charge in [0.25, 0.3) is 0 Å². The van der Waals surface area contributed by atoms with Gasteiger partial charge in [-0.1, -0.05) is 18.2 Å². The van der Waals surface area contributed by atoms with Gasteiger partial charge < -0.3 is 16.2 Å². The van der Waals surface area contributed by atoms with Gasteiger partial charge in [-0.2, -0.15) is 20.8 Å². The molecular weight excluding hydrogens is 292 g/mol. The van der Waals surface area contributed by atoms with Crippen LogP contribution in [0.4, 0.5) is 11.5 Å². The van der Waals surface area contributed by atoms with E-state index in [1.54, 1.807) is 24.3 Å². The summed E-state index contributed by atoms with van der Waals surface area (Å²) in [6, 6.07) is 12.8. The van der Waals surface area contributed by atoms with Gasteiger partial charge in [0.15, 0.2) is 0 Å². The van der Waals surface area contributed by atoms with E-state index in [-0.39, 0.29) is 22.9 Å². The van der Waals surface area contributed by atoms with Crippen LogP contribution in [0.1, 0.15) is 22.6 Å². The quantitative estimate of drug-likeness (QED) is 0.819. The van der Waals surface area contributed by atoms with Crippen LogP contribution in [-0.2, 0) is 0 Å². The molecule has 3 rings (SSSR count). The molecule has 1 aromatic heterocycles. The van der Waals surface area contributed by atoms with Crippen molar-refractivity contribution in [1.82, 2.24) is 4.98 Å². The third-order valence-corrected chi connectivity index (χ3v) is 3.76. The number of para-hydroxylation sites is 1. The van der Waals surface area contributed by atoms with E-state index in [4.69, 9.17) is 16.2 Å². The van der Waals surface area contributed by atoms with Crippen molar-refractivity contribution in [2.75, 3.05) is 11.5 Å². The van der Waals surface area contributed by atoms with Crippen LogP contribution in [-0.4, -0.2) is 4.98 Å². The number of ether oxygens (including phenoxy) is 1. The average molecular weight is 302 g/mol. The summed E-state index contributed by atoms with van der Waals surface area (Å²) in [4.78, 5) is 4.08. The molecule has 7 nitrogen and oxygen atoms in total. The first kappa shape index (κ1) is 14.2. The smallest absolute Gasteiger partial charge is 0.227 e. The van der Waals surface area contributed by atoms with E-state index in [0.717, 1.165) is 0 Å². The summed E-state index contributed by atoms with van der Waals surface area (Å²) in [5.74, 6) is -1.11. The summed E-state index contributed by atoms with van der Waals surface area (Å²) in [5.41, 5.74) is 12.9. The van der Waals surface area contributed by atoms with Crippen molar-refractivity contribution in [3.8, 4) is 29.8 Å². The number of pyridine rings is 1. The summed E-state index contributed by atoms with van der Waals surface area (Å²) < 4.78 is 5.71. The molecule has 2 heterocycles. The zero-order valence-electron chi connectivity index (χ0n) is 11.8. The minimum absolute atomic E-state index is 0.0198. The fourth-order valence-electron chi connectivity index (χ4n) is 2.72. The molecule has 0 aliphatic carbocycles. The number of rotatable bonds is 1. The second-order valence-electron chi connectivity index (χ2n) is 4.97. The molecule has 1 unspecified atom stereocenters. The van der Waals surface area contributed by atoms with Gasteiger partial charge in [0.1, 0.15) is 29.1 Å². The van der Waals surface area contributed by atoms with Gasteiger partial charge in [-0.15, -0.1) is 0 Å². The predicted molar refractivity (Wildman–Crippen MR) is 80.9 cm³/mol. The number of anilines is 2. The molecule has 0 saturated carbocycles. The molecule has 7 heteroatoms. The Labute approximate surface area is 131 Å². The number of aromatic nitrogens is 1. The van der Waals surface area contributed by atoms with E-state index in [0.29, 0.717) is 16.9 Å². The molecule has 2 aromatic rings. The molecule has 4 N–H and O–H groups in total. The van der Waals surface area contributed by atoms with E-state index in [2.05, 4.69) is 4.98 Å². The minimum atomic E-state index is -1.00. The summed E-state index contributed by atoms with van der Waals surface area (Å²) >= 11 is 0. The van der Waals surface area contributed by atoms with Crippen molar-refractivity contribution in [2.24, 2.45) is 5.92 Å². The first-order valence-electron chi connectivity index (χ1n) is 6.67. The lowest BCUT2D eigenvalue weighted by molar-refractivity contribution is 0.422. The molecule has 23 heavy (non-hydrogen) atoms. The Morgan fingerprint density at radius 1 is 1.13 bits per heavy atom. The number of nitrogens with zero attached hydrogens (tertiary/aromatic N) is 4. The number of nitriles is 3. The Bertz CT molecular complexity index is 917. The van der Waals surface area contributed by atoms with Crippen LogP contribution in [0.5, 0.6) is 11.6 Å². The maximum absolute atomic E-state index is 9.34. The van der Waals surface area contributed by atoms with Crippen molar-refractivity contribution < 1.29 is 4.74 Å². The first-order valence-corrected chi connectivity index (χ1v) is 6.67. The second-order valence-corrected chi connectivity index (χ2v) is 4.97. The van der Waals surface area contributed by atoms with E-state index in [9.17, 15) is 15.8 Å². The number of nitrogen functional groups attached to an aromatic ring is 2. The zero-order valence-corrected chi connectivity index (χ0v) is 11.8.